The van der Waals surface area contributed by atoms with Crippen LogP contribution in [0.3, 0.4) is 0 Å². The fourth-order valence-corrected chi connectivity index (χ4v) is 6.42. The van der Waals surface area contributed by atoms with Crippen LogP contribution in [-0.4, -0.2) is 69.3 Å². The van der Waals surface area contributed by atoms with Gasteiger partial charge in [0, 0.05) is 43.6 Å². The summed E-state index contributed by atoms with van der Waals surface area (Å²) >= 11 is 6.47. The molecule has 36 heavy (non-hydrogen) atoms. The number of hydrogen-bond donors (Lipinski definition) is 0. The van der Waals surface area contributed by atoms with Crippen molar-refractivity contribution in [2.45, 2.75) is 62.5 Å². The minimum atomic E-state index is 0.158. The standard InChI is InChI=1S/C27H37B2ClN4O2/c1-2-19-16-31-25(32-17-19)34-11-6-21(7-12-34)27(29)18-26(27,28)8-13-36-22-5-4-20(23(30)15-22)14-24(35)33-9-3-10-33/h4-5,15-17,21H,2-3,6-14,18,28-29H2,1H3/t26-,27-/m0/s1. The third-order valence-corrected chi connectivity index (χ3v) is 9.64. The molecule has 9 heteroatoms. The van der Waals surface area contributed by atoms with Crippen LogP contribution in [0.4, 0.5) is 5.95 Å². The summed E-state index contributed by atoms with van der Waals surface area (Å²) in [6.07, 6.45) is 11.0. The van der Waals surface area contributed by atoms with Gasteiger partial charge in [0.05, 0.1) is 13.0 Å². The van der Waals surface area contributed by atoms with Crippen molar-refractivity contribution in [3.05, 3.63) is 46.7 Å². The number of aryl methyl sites for hydroxylation is 1. The van der Waals surface area contributed by atoms with Crippen LogP contribution in [0.2, 0.25) is 15.7 Å². The molecule has 1 aliphatic carbocycles. The Morgan fingerprint density at radius 2 is 1.89 bits per heavy atom. The molecule has 1 saturated carbocycles. The number of halogens is 1. The van der Waals surface area contributed by atoms with Crippen LogP contribution in [-0.2, 0) is 17.6 Å². The zero-order valence-electron chi connectivity index (χ0n) is 21.9. The van der Waals surface area contributed by atoms with Crippen molar-refractivity contribution >= 4 is 39.1 Å². The molecule has 1 aromatic carbocycles. The Labute approximate surface area is 222 Å². The van der Waals surface area contributed by atoms with E-state index in [4.69, 9.17) is 16.3 Å². The third-order valence-electron chi connectivity index (χ3n) is 9.29. The minimum Gasteiger partial charge on any atom is -0.494 e. The van der Waals surface area contributed by atoms with Crippen molar-refractivity contribution in [2.24, 2.45) is 5.92 Å². The smallest absolute Gasteiger partial charge is 0.227 e. The first-order valence-corrected chi connectivity index (χ1v) is 13.9. The Hall–Kier alpha value is -2.21. The molecule has 2 saturated heterocycles. The number of piperidine rings is 1. The summed E-state index contributed by atoms with van der Waals surface area (Å²) in [5.74, 6) is 2.54. The number of nitrogens with zero attached hydrogens (tertiary/aromatic N) is 4. The normalized spacial score (nSPS) is 25.9. The van der Waals surface area contributed by atoms with Gasteiger partial charge in [-0.1, -0.05) is 41.6 Å². The average Bonchev–Trinajstić information content (AvgIpc) is 3.41. The summed E-state index contributed by atoms with van der Waals surface area (Å²) < 4.78 is 6.11. The van der Waals surface area contributed by atoms with Crippen LogP contribution in [0, 0.1) is 5.92 Å². The number of rotatable bonds is 9. The number of likely N-dealkylation sites (tertiary alicyclic amines) is 1. The van der Waals surface area contributed by atoms with Crippen LogP contribution in [0.15, 0.2) is 30.6 Å². The molecule has 190 valence electrons. The van der Waals surface area contributed by atoms with Gasteiger partial charge in [0.25, 0.3) is 0 Å². The predicted molar refractivity (Wildman–Crippen MR) is 150 cm³/mol. The lowest BCUT2D eigenvalue weighted by atomic mass is 9.58. The molecule has 3 heterocycles. The topological polar surface area (TPSA) is 58.6 Å². The first-order chi connectivity index (χ1) is 17.3. The zero-order valence-corrected chi connectivity index (χ0v) is 22.7. The van der Waals surface area contributed by atoms with Crippen LogP contribution < -0.4 is 9.64 Å². The first kappa shape index (κ1) is 25.4. The second kappa shape index (κ2) is 10.3. The Balaban J connectivity index is 1.09. The van der Waals surface area contributed by atoms with E-state index in [1.807, 2.05) is 35.5 Å². The number of carbonyl (C=O) groups excluding carboxylic acids is 1. The number of aromatic nitrogens is 2. The highest BCUT2D eigenvalue weighted by molar-refractivity contribution is 6.32. The maximum atomic E-state index is 12.3. The molecule has 3 aliphatic rings. The molecule has 0 spiro atoms. The van der Waals surface area contributed by atoms with Gasteiger partial charge in [-0.3, -0.25) is 4.79 Å². The Morgan fingerprint density at radius 3 is 2.50 bits per heavy atom. The van der Waals surface area contributed by atoms with E-state index in [9.17, 15) is 4.79 Å². The molecule has 0 N–H and O–H groups in total. The van der Waals surface area contributed by atoms with E-state index < -0.39 is 0 Å². The molecule has 0 radical (unpaired) electrons. The molecule has 1 amide bonds. The Morgan fingerprint density at radius 1 is 1.17 bits per heavy atom. The zero-order chi connectivity index (χ0) is 25.3. The van der Waals surface area contributed by atoms with Gasteiger partial charge in [0.2, 0.25) is 11.9 Å². The van der Waals surface area contributed by atoms with Gasteiger partial charge in [-0.25, -0.2) is 9.97 Å². The largest absolute Gasteiger partial charge is 0.494 e. The monoisotopic (exact) mass is 506 g/mol. The molecule has 5 rings (SSSR count). The van der Waals surface area contributed by atoms with Gasteiger partial charge in [-0.2, -0.15) is 0 Å². The lowest BCUT2D eigenvalue weighted by molar-refractivity contribution is -0.133. The Kier molecular flexibility index (Phi) is 7.26. The van der Waals surface area contributed by atoms with Gasteiger partial charge in [0.1, 0.15) is 21.4 Å². The number of hydrogen-bond acceptors (Lipinski definition) is 5. The molecule has 2 aliphatic heterocycles. The van der Waals surface area contributed by atoms with E-state index >= 15 is 0 Å². The molecule has 2 atom stereocenters. The fraction of sp³-hybridized carbons (Fsp3) is 0.593. The summed E-state index contributed by atoms with van der Waals surface area (Å²) in [4.78, 5) is 25.6. The highest BCUT2D eigenvalue weighted by atomic mass is 35.5. The molecule has 0 unspecified atom stereocenters. The number of ether oxygens (including phenoxy) is 1. The summed E-state index contributed by atoms with van der Waals surface area (Å²) in [5, 5.41) is 1.30. The highest BCUT2D eigenvalue weighted by Crippen LogP contribution is 2.79. The third kappa shape index (κ3) is 5.11. The molecule has 0 bridgehead atoms. The van der Waals surface area contributed by atoms with E-state index in [-0.39, 0.29) is 5.91 Å². The first-order valence-electron chi connectivity index (χ1n) is 13.6. The lowest BCUT2D eigenvalue weighted by Gasteiger charge is -2.37. The average molecular weight is 507 g/mol. The van der Waals surface area contributed by atoms with Crippen LogP contribution >= 0.6 is 11.6 Å². The minimum absolute atomic E-state index is 0.158. The summed E-state index contributed by atoms with van der Waals surface area (Å²) in [7, 11) is 4.90. The van der Waals surface area contributed by atoms with Crippen LogP contribution in [0.5, 0.6) is 5.75 Å². The number of anilines is 1. The van der Waals surface area contributed by atoms with Crippen LogP contribution in [0.25, 0.3) is 0 Å². The number of amides is 1. The van der Waals surface area contributed by atoms with Crippen molar-refractivity contribution in [2.75, 3.05) is 37.7 Å². The van der Waals surface area contributed by atoms with Crippen molar-refractivity contribution < 1.29 is 9.53 Å². The Bertz CT molecular complexity index is 1090. The summed E-state index contributed by atoms with van der Waals surface area (Å²) in [6.45, 7) is 6.62. The van der Waals surface area contributed by atoms with Gasteiger partial charge in [0.15, 0.2) is 0 Å². The van der Waals surface area contributed by atoms with Crippen molar-refractivity contribution in [1.29, 1.82) is 0 Å². The highest BCUT2D eigenvalue weighted by Gasteiger charge is 2.62. The lowest BCUT2D eigenvalue weighted by Crippen LogP contribution is -2.42. The number of carbonyl (C=O) groups is 1. The van der Waals surface area contributed by atoms with E-state index in [1.54, 1.807) is 0 Å². The molecular weight excluding hydrogens is 469 g/mol. The van der Waals surface area contributed by atoms with Crippen molar-refractivity contribution in [1.82, 2.24) is 14.9 Å². The van der Waals surface area contributed by atoms with Crippen molar-refractivity contribution in [3.63, 3.8) is 0 Å². The molecular formula is C27H37B2ClN4O2. The van der Waals surface area contributed by atoms with E-state index in [0.717, 1.165) is 68.6 Å². The molecule has 3 fully saturated rings. The molecule has 2 aromatic rings. The maximum Gasteiger partial charge on any atom is 0.227 e. The SMILES string of the molecule is B[C@@]1(CCOc2ccc(CC(=O)N3CCC3)c(Cl)c2)C[C@]1(B)C1CCN(c2ncc(CC)cn2)CC1. The van der Waals surface area contributed by atoms with Gasteiger partial charge in [-0.15, -0.1) is 0 Å². The van der Waals surface area contributed by atoms with Gasteiger partial charge >= 0.3 is 0 Å². The second-order valence-electron chi connectivity index (χ2n) is 11.4. The van der Waals surface area contributed by atoms with E-state index in [1.165, 1.54) is 24.8 Å². The summed E-state index contributed by atoms with van der Waals surface area (Å²) in [6, 6.07) is 5.75. The van der Waals surface area contributed by atoms with Gasteiger partial charge in [-0.05, 0) is 61.3 Å². The quantitative estimate of drug-likeness (QED) is 0.489. The molecule has 6 nitrogen and oxygen atoms in total. The van der Waals surface area contributed by atoms with Crippen LogP contribution in [0.1, 0.15) is 50.2 Å². The maximum absolute atomic E-state index is 12.3. The summed E-state index contributed by atoms with van der Waals surface area (Å²) in [5.41, 5.74) is 2.06. The predicted octanol–water partition coefficient (Wildman–Crippen LogP) is 3.14. The van der Waals surface area contributed by atoms with Gasteiger partial charge < -0.3 is 14.5 Å². The fourth-order valence-electron chi connectivity index (χ4n) is 6.18. The van der Waals surface area contributed by atoms with E-state index in [2.05, 4.69) is 37.5 Å². The molecule has 1 aromatic heterocycles. The van der Waals surface area contributed by atoms with E-state index in [0.29, 0.717) is 28.7 Å². The van der Waals surface area contributed by atoms with Crippen molar-refractivity contribution in [3.8, 4) is 5.75 Å². The second-order valence-corrected chi connectivity index (χ2v) is 11.8. The number of benzene rings is 1.